The lowest BCUT2D eigenvalue weighted by Gasteiger charge is -2.24. The Hall–Kier alpha value is -5.31. The van der Waals surface area contributed by atoms with Crippen molar-refractivity contribution in [2.75, 3.05) is 12.1 Å². The monoisotopic (exact) mass is 519 g/mol. The molecule has 1 atom stereocenters. The Balaban J connectivity index is 1.34. The number of amides is 1. The summed E-state index contributed by atoms with van der Waals surface area (Å²) in [5.41, 5.74) is 6.88. The fourth-order valence-corrected chi connectivity index (χ4v) is 4.40. The first-order chi connectivity index (χ1) is 19.0. The molecule has 0 saturated heterocycles. The number of rotatable bonds is 8. The molecule has 9 nitrogen and oxygen atoms in total. The van der Waals surface area contributed by atoms with E-state index < -0.39 is 10.8 Å². The molecule has 0 spiro atoms. The third-order valence-electron chi connectivity index (χ3n) is 6.40. The zero-order chi connectivity index (χ0) is 27.2. The highest BCUT2D eigenvalue weighted by Crippen LogP contribution is 2.37. The number of para-hydroxylation sites is 1. The van der Waals surface area contributed by atoms with E-state index in [1.54, 1.807) is 13.2 Å². The van der Waals surface area contributed by atoms with Gasteiger partial charge in [-0.1, -0.05) is 66.7 Å². The predicted molar refractivity (Wildman–Crippen MR) is 150 cm³/mol. The summed E-state index contributed by atoms with van der Waals surface area (Å²) in [6.07, 6.45) is 2.23. The van der Waals surface area contributed by atoms with E-state index in [0.29, 0.717) is 0 Å². The van der Waals surface area contributed by atoms with Crippen LogP contribution in [0, 0.1) is 10.1 Å². The first-order valence-corrected chi connectivity index (χ1v) is 12.3. The van der Waals surface area contributed by atoms with E-state index in [2.05, 4.69) is 34.8 Å². The maximum Gasteiger partial charge on any atom is 0.282 e. The number of nitro benzene ring substituents is 1. The van der Waals surface area contributed by atoms with Gasteiger partial charge in [0.2, 0.25) is 0 Å². The fraction of sp³-hybridized carbons (Fsp3) is 0.100. The largest absolute Gasteiger partial charge is 0.497 e. The number of anilines is 1. The second-order valence-corrected chi connectivity index (χ2v) is 8.82. The van der Waals surface area contributed by atoms with E-state index in [4.69, 9.17) is 9.84 Å². The van der Waals surface area contributed by atoms with Crippen LogP contribution in [0.1, 0.15) is 39.5 Å². The highest BCUT2D eigenvalue weighted by molar-refractivity contribution is 6.03. The molecule has 1 aliphatic rings. The van der Waals surface area contributed by atoms with Crippen LogP contribution in [0.25, 0.3) is 0 Å². The van der Waals surface area contributed by atoms with Gasteiger partial charge >= 0.3 is 0 Å². The molecular formula is C30H25N5O4. The predicted octanol–water partition coefficient (Wildman–Crippen LogP) is 5.72. The lowest BCUT2D eigenvalue weighted by Crippen LogP contribution is -2.19. The maximum absolute atomic E-state index is 12.4. The van der Waals surface area contributed by atoms with E-state index in [1.807, 2.05) is 59.6 Å². The third kappa shape index (κ3) is 5.67. The Morgan fingerprint density at radius 3 is 2.38 bits per heavy atom. The molecular weight excluding hydrogens is 494 g/mol. The molecule has 4 aromatic carbocycles. The average Bonchev–Trinajstić information content (AvgIpc) is 3.43. The molecule has 0 aromatic heterocycles. The standard InChI is InChI=1S/C30H25N5O4/c1-39-25-17-13-23(14-18-25)29-19-27(22-7-3-2-4-8-22)33-34(29)24-15-11-21(12-16-24)20-31-32-30(36)26-9-5-6-10-28(26)35(37)38/h2-18,20,29H,19H2,1H3,(H,32,36). The molecule has 1 heterocycles. The van der Waals surface area contributed by atoms with Crippen LogP contribution in [0.15, 0.2) is 113 Å². The van der Waals surface area contributed by atoms with Crippen molar-refractivity contribution in [2.24, 2.45) is 10.2 Å². The van der Waals surface area contributed by atoms with Crippen molar-refractivity contribution in [3.63, 3.8) is 0 Å². The number of hydrogen-bond acceptors (Lipinski definition) is 7. The molecule has 0 radical (unpaired) electrons. The van der Waals surface area contributed by atoms with Crippen molar-refractivity contribution in [1.29, 1.82) is 0 Å². The van der Waals surface area contributed by atoms with Gasteiger partial charge in [-0.3, -0.25) is 19.9 Å². The van der Waals surface area contributed by atoms with E-state index in [9.17, 15) is 14.9 Å². The lowest BCUT2D eigenvalue weighted by atomic mass is 9.98. The summed E-state index contributed by atoms with van der Waals surface area (Å²) >= 11 is 0. The smallest absolute Gasteiger partial charge is 0.282 e. The molecule has 1 N–H and O–H groups in total. The molecule has 5 rings (SSSR count). The summed E-state index contributed by atoms with van der Waals surface area (Å²) in [6.45, 7) is 0. The fourth-order valence-electron chi connectivity index (χ4n) is 4.40. The van der Waals surface area contributed by atoms with Crippen LogP contribution < -0.4 is 15.2 Å². The van der Waals surface area contributed by atoms with Crippen molar-refractivity contribution in [2.45, 2.75) is 12.5 Å². The minimum atomic E-state index is -0.655. The van der Waals surface area contributed by atoms with Gasteiger partial charge in [0, 0.05) is 12.5 Å². The number of methoxy groups -OCH3 is 1. The van der Waals surface area contributed by atoms with Gasteiger partial charge in [0.1, 0.15) is 11.3 Å². The molecule has 194 valence electrons. The van der Waals surface area contributed by atoms with Crippen LogP contribution in [-0.2, 0) is 0 Å². The van der Waals surface area contributed by atoms with E-state index in [0.717, 1.165) is 40.3 Å². The van der Waals surface area contributed by atoms with Crippen molar-refractivity contribution in [3.8, 4) is 5.75 Å². The van der Waals surface area contributed by atoms with Crippen molar-refractivity contribution >= 4 is 29.2 Å². The molecule has 39 heavy (non-hydrogen) atoms. The second-order valence-electron chi connectivity index (χ2n) is 8.82. The van der Waals surface area contributed by atoms with Gasteiger partial charge in [0.25, 0.3) is 11.6 Å². The van der Waals surface area contributed by atoms with Gasteiger partial charge in [-0.05, 0) is 47.0 Å². The minimum absolute atomic E-state index is 0.00609. The molecule has 1 unspecified atom stereocenters. The number of nitrogens with one attached hydrogen (secondary N) is 1. The summed E-state index contributed by atoms with van der Waals surface area (Å²) in [7, 11) is 1.65. The number of nitro groups is 1. The normalized spacial score (nSPS) is 14.7. The summed E-state index contributed by atoms with van der Waals surface area (Å²) in [6, 6.07) is 31.5. The second kappa shape index (κ2) is 11.4. The summed E-state index contributed by atoms with van der Waals surface area (Å²) in [5, 5.41) is 22.1. The van der Waals surface area contributed by atoms with Gasteiger partial charge in [-0.2, -0.15) is 10.2 Å². The Morgan fingerprint density at radius 1 is 1.00 bits per heavy atom. The van der Waals surface area contributed by atoms with Crippen LogP contribution in [-0.4, -0.2) is 29.9 Å². The molecule has 9 heteroatoms. The lowest BCUT2D eigenvalue weighted by molar-refractivity contribution is -0.385. The van der Waals surface area contributed by atoms with Gasteiger partial charge in [-0.15, -0.1) is 0 Å². The molecule has 1 amide bonds. The Kier molecular flexibility index (Phi) is 7.40. The Labute approximate surface area is 225 Å². The summed E-state index contributed by atoms with van der Waals surface area (Å²) in [5.74, 6) is 0.141. The first kappa shape index (κ1) is 25.3. The highest BCUT2D eigenvalue weighted by Gasteiger charge is 2.30. The molecule has 0 fully saturated rings. The number of nitrogens with zero attached hydrogens (tertiary/aromatic N) is 4. The van der Waals surface area contributed by atoms with Crippen molar-refractivity contribution in [3.05, 3.63) is 135 Å². The van der Waals surface area contributed by atoms with Crippen LogP contribution in [0.3, 0.4) is 0 Å². The summed E-state index contributed by atoms with van der Waals surface area (Å²) < 4.78 is 5.32. The number of hydrogen-bond donors (Lipinski definition) is 1. The van der Waals surface area contributed by atoms with Gasteiger partial charge in [0.15, 0.2) is 0 Å². The van der Waals surface area contributed by atoms with Crippen molar-refractivity contribution < 1.29 is 14.5 Å². The quantitative estimate of drug-likeness (QED) is 0.182. The van der Waals surface area contributed by atoms with E-state index in [-0.39, 0.29) is 17.3 Å². The van der Waals surface area contributed by atoms with Crippen LogP contribution in [0.4, 0.5) is 11.4 Å². The van der Waals surface area contributed by atoms with E-state index >= 15 is 0 Å². The molecule has 1 aliphatic heterocycles. The molecule has 0 bridgehead atoms. The minimum Gasteiger partial charge on any atom is -0.497 e. The van der Waals surface area contributed by atoms with Gasteiger partial charge < -0.3 is 4.74 Å². The van der Waals surface area contributed by atoms with Gasteiger partial charge in [0.05, 0.1) is 35.7 Å². The average molecular weight is 520 g/mol. The zero-order valence-corrected chi connectivity index (χ0v) is 21.1. The topological polar surface area (TPSA) is 109 Å². The number of carbonyl (C=O) groups is 1. The maximum atomic E-state index is 12.4. The van der Waals surface area contributed by atoms with E-state index in [1.165, 1.54) is 24.4 Å². The zero-order valence-electron chi connectivity index (χ0n) is 21.1. The third-order valence-corrected chi connectivity index (χ3v) is 6.40. The SMILES string of the molecule is COc1ccc(C2CC(c3ccccc3)=NN2c2ccc(C=NNC(=O)c3ccccc3[N+](=O)[O-])cc2)cc1. The van der Waals surface area contributed by atoms with Crippen LogP contribution >= 0.6 is 0 Å². The highest BCUT2D eigenvalue weighted by atomic mass is 16.6. The van der Waals surface area contributed by atoms with Crippen LogP contribution in [0.2, 0.25) is 0 Å². The first-order valence-electron chi connectivity index (χ1n) is 12.3. The Morgan fingerprint density at radius 2 is 1.69 bits per heavy atom. The molecule has 0 saturated carbocycles. The number of hydrazone groups is 2. The number of carbonyl (C=O) groups excluding carboxylic acids is 1. The molecule has 0 aliphatic carbocycles. The van der Waals surface area contributed by atoms with Gasteiger partial charge in [-0.25, -0.2) is 5.43 Å². The Bertz CT molecular complexity index is 1530. The number of benzene rings is 4. The number of ether oxygens (including phenoxy) is 1. The molecule has 4 aromatic rings. The summed E-state index contributed by atoms with van der Waals surface area (Å²) in [4.78, 5) is 23.0. The van der Waals surface area contributed by atoms with Crippen molar-refractivity contribution in [1.82, 2.24) is 5.43 Å². The van der Waals surface area contributed by atoms with Crippen LogP contribution in [0.5, 0.6) is 5.75 Å².